The molecule has 90 valence electrons. The van der Waals surface area contributed by atoms with Crippen LogP contribution in [0.3, 0.4) is 0 Å². The van der Waals surface area contributed by atoms with E-state index in [0.29, 0.717) is 6.42 Å². The molecule has 0 heterocycles. The van der Waals surface area contributed by atoms with Crippen LogP contribution in [0.5, 0.6) is 0 Å². The standard InChI is InChI=1S/C10H18F3NO/c1-3-4-5-9(14-2)6-7-15-8-10(11,12)13/h3,9,14H,1,4-8H2,2H3. The van der Waals surface area contributed by atoms with Gasteiger partial charge < -0.3 is 10.1 Å². The van der Waals surface area contributed by atoms with Gasteiger partial charge in [-0.15, -0.1) is 6.58 Å². The summed E-state index contributed by atoms with van der Waals surface area (Å²) < 4.78 is 39.7. The lowest BCUT2D eigenvalue weighted by molar-refractivity contribution is -0.174. The van der Waals surface area contributed by atoms with Crippen LogP contribution in [-0.4, -0.2) is 32.5 Å². The SMILES string of the molecule is C=CCCC(CCOCC(F)(F)F)NC. The third kappa shape index (κ3) is 9.75. The quantitative estimate of drug-likeness (QED) is 0.506. The lowest BCUT2D eigenvalue weighted by atomic mass is 10.1. The Morgan fingerprint density at radius 3 is 2.53 bits per heavy atom. The molecule has 0 aliphatic heterocycles. The third-order valence-electron chi connectivity index (χ3n) is 2.00. The van der Waals surface area contributed by atoms with Gasteiger partial charge in [-0.1, -0.05) is 6.08 Å². The van der Waals surface area contributed by atoms with Crippen molar-refractivity contribution in [2.45, 2.75) is 31.5 Å². The molecule has 1 atom stereocenters. The highest BCUT2D eigenvalue weighted by Crippen LogP contribution is 2.14. The first kappa shape index (κ1) is 14.5. The van der Waals surface area contributed by atoms with Gasteiger partial charge in [0.15, 0.2) is 0 Å². The van der Waals surface area contributed by atoms with Crippen LogP contribution in [-0.2, 0) is 4.74 Å². The molecule has 0 spiro atoms. The van der Waals surface area contributed by atoms with Crippen molar-refractivity contribution in [3.05, 3.63) is 12.7 Å². The molecule has 5 heteroatoms. The van der Waals surface area contributed by atoms with E-state index in [4.69, 9.17) is 0 Å². The van der Waals surface area contributed by atoms with Crippen molar-refractivity contribution < 1.29 is 17.9 Å². The third-order valence-corrected chi connectivity index (χ3v) is 2.00. The minimum absolute atomic E-state index is 0.127. The van der Waals surface area contributed by atoms with Gasteiger partial charge in [-0.25, -0.2) is 0 Å². The summed E-state index contributed by atoms with van der Waals surface area (Å²) >= 11 is 0. The summed E-state index contributed by atoms with van der Waals surface area (Å²) in [5, 5.41) is 3.03. The van der Waals surface area contributed by atoms with E-state index in [1.807, 2.05) is 0 Å². The first-order chi connectivity index (χ1) is 6.99. The van der Waals surface area contributed by atoms with Crippen LogP contribution in [0, 0.1) is 0 Å². The fourth-order valence-electron chi connectivity index (χ4n) is 1.17. The highest BCUT2D eigenvalue weighted by Gasteiger charge is 2.27. The second-order valence-electron chi connectivity index (χ2n) is 3.31. The van der Waals surface area contributed by atoms with Crippen molar-refractivity contribution in [2.24, 2.45) is 0 Å². The van der Waals surface area contributed by atoms with Gasteiger partial charge in [0, 0.05) is 12.6 Å². The predicted molar refractivity (Wildman–Crippen MR) is 53.8 cm³/mol. The molecule has 1 unspecified atom stereocenters. The van der Waals surface area contributed by atoms with Crippen LogP contribution in [0.4, 0.5) is 13.2 Å². The van der Waals surface area contributed by atoms with Crippen LogP contribution in [0.1, 0.15) is 19.3 Å². The molecule has 0 saturated carbocycles. The van der Waals surface area contributed by atoms with E-state index in [9.17, 15) is 13.2 Å². The summed E-state index contributed by atoms with van der Waals surface area (Å²) in [6.45, 7) is 2.55. The van der Waals surface area contributed by atoms with Gasteiger partial charge in [-0.05, 0) is 26.3 Å². The minimum Gasteiger partial charge on any atom is -0.372 e. The molecule has 0 radical (unpaired) electrons. The van der Waals surface area contributed by atoms with Crippen molar-refractivity contribution in [2.75, 3.05) is 20.3 Å². The zero-order chi connectivity index (χ0) is 11.7. The van der Waals surface area contributed by atoms with Gasteiger partial charge in [0.25, 0.3) is 0 Å². The number of alkyl halides is 3. The van der Waals surface area contributed by atoms with E-state index in [1.54, 1.807) is 13.1 Å². The fourth-order valence-corrected chi connectivity index (χ4v) is 1.17. The van der Waals surface area contributed by atoms with E-state index in [-0.39, 0.29) is 12.6 Å². The van der Waals surface area contributed by atoms with E-state index >= 15 is 0 Å². The maximum Gasteiger partial charge on any atom is 0.411 e. The number of ether oxygens (including phenoxy) is 1. The molecule has 0 saturated heterocycles. The smallest absolute Gasteiger partial charge is 0.372 e. The Morgan fingerprint density at radius 2 is 2.07 bits per heavy atom. The van der Waals surface area contributed by atoms with E-state index in [1.165, 1.54) is 0 Å². The van der Waals surface area contributed by atoms with E-state index in [0.717, 1.165) is 12.8 Å². The van der Waals surface area contributed by atoms with Crippen LogP contribution in [0.2, 0.25) is 0 Å². The highest BCUT2D eigenvalue weighted by atomic mass is 19.4. The van der Waals surface area contributed by atoms with Crippen molar-refractivity contribution in [3.8, 4) is 0 Å². The van der Waals surface area contributed by atoms with Crippen molar-refractivity contribution in [1.29, 1.82) is 0 Å². The van der Waals surface area contributed by atoms with Crippen molar-refractivity contribution in [1.82, 2.24) is 5.32 Å². The molecule has 2 nitrogen and oxygen atoms in total. The van der Waals surface area contributed by atoms with Crippen molar-refractivity contribution in [3.63, 3.8) is 0 Å². The molecular formula is C10H18F3NO. The second-order valence-corrected chi connectivity index (χ2v) is 3.31. The molecule has 15 heavy (non-hydrogen) atoms. The molecular weight excluding hydrogens is 207 g/mol. The van der Waals surface area contributed by atoms with Crippen LogP contribution in [0.25, 0.3) is 0 Å². The topological polar surface area (TPSA) is 21.3 Å². The monoisotopic (exact) mass is 225 g/mol. The normalized spacial score (nSPS) is 13.9. The Hall–Kier alpha value is -0.550. The number of rotatable bonds is 8. The zero-order valence-electron chi connectivity index (χ0n) is 8.94. The molecule has 0 aromatic heterocycles. The summed E-state index contributed by atoms with van der Waals surface area (Å²) in [6, 6.07) is 0.191. The number of halogens is 3. The minimum atomic E-state index is -4.23. The Morgan fingerprint density at radius 1 is 1.40 bits per heavy atom. The Bertz CT molecular complexity index is 171. The fraction of sp³-hybridized carbons (Fsp3) is 0.800. The van der Waals surface area contributed by atoms with Gasteiger partial charge in [0.05, 0.1) is 0 Å². The number of nitrogens with one attached hydrogen (secondary N) is 1. The number of hydrogen-bond acceptors (Lipinski definition) is 2. The molecule has 0 aromatic rings. The molecule has 0 fully saturated rings. The highest BCUT2D eigenvalue weighted by molar-refractivity contribution is 4.72. The summed E-state index contributed by atoms with van der Waals surface area (Å²) in [5.74, 6) is 0. The Balaban J connectivity index is 3.50. The van der Waals surface area contributed by atoms with Gasteiger partial charge in [0.1, 0.15) is 6.61 Å². The van der Waals surface area contributed by atoms with Gasteiger partial charge in [-0.3, -0.25) is 0 Å². The molecule has 1 N–H and O–H groups in total. The lowest BCUT2D eigenvalue weighted by Gasteiger charge is -2.15. The second kappa shape index (κ2) is 7.70. The summed E-state index contributed by atoms with van der Waals surface area (Å²) in [5.41, 5.74) is 0. The lowest BCUT2D eigenvalue weighted by Crippen LogP contribution is -2.27. The molecule has 0 rings (SSSR count). The van der Waals surface area contributed by atoms with Crippen molar-refractivity contribution >= 4 is 0 Å². The Labute approximate surface area is 88.5 Å². The molecule has 0 aromatic carbocycles. The van der Waals surface area contributed by atoms with Crippen LogP contribution in [0.15, 0.2) is 12.7 Å². The van der Waals surface area contributed by atoms with Crippen LogP contribution < -0.4 is 5.32 Å². The number of allylic oxidation sites excluding steroid dienone is 1. The van der Waals surface area contributed by atoms with Crippen LogP contribution >= 0.6 is 0 Å². The molecule has 0 aliphatic rings. The number of hydrogen-bond donors (Lipinski definition) is 1. The Kier molecular flexibility index (Phi) is 7.42. The predicted octanol–water partition coefficient (Wildman–Crippen LogP) is 2.51. The summed E-state index contributed by atoms with van der Waals surface area (Å²) in [6.07, 6.45) is -0.127. The largest absolute Gasteiger partial charge is 0.411 e. The van der Waals surface area contributed by atoms with Gasteiger partial charge >= 0.3 is 6.18 Å². The molecule has 0 bridgehead atoms. The summed E-state index contributed by atoms with van der Waals surface area (Å²) in [4.78, 5) is 0. The maximum absolute atomic E-state index is 11.7. The van der Waals surface area contributed by atoms with Gasteiger partial charge in [0.2, 0.25) is 0 Å². The average Bonchev–Trinajstić information content (AvgIpc) is 2.15. The van der Waals surface area contributed by atoms with Gasteiger partial charge in [-0.2, -0.15) is 13.2 Å². The average molecular weight is 225 g/mol. The first-order valence-corrected chi connectivity index (χ1v) is 4.92. The van der Waals surface area contributed by atoms with E-state index in [2.05, 4.69) is 16.6 Å². The zero-order valence-corrected chi connectivity index (χ0v) is 8.94. The first-order valence-electron chi connectivity index (χ1n) is 4.92. The summed E-state index contributed by atoms with van der Waals surface area (Å²) in [7, 11) is 1.79. The molecule has 0 aliphatic carbocycles. The maximum atomic E-state index is 11.7. The van der Waals surface area contributed by atoms with E-state index < -0.39 is 12.8 Å². The molecule has 0 amide bonds.